The quantitative estimate of drug-likeness (QED) is 0.795. The Morgan fingerprint density at radius 3 is 2.46 bits per heavy atom. The van der Waals surface area contributed by atoms with E-state index in [0.717, 1.165) is 29.9 Å². The van der Waals surface area contributed by atoms with Gasteiger partial charge < -0.3 is 20.1 Å². The predicted octanol–water partition coefficient (Wildman–Crippen LogP) is 3.80. The van der Waals surface area contributed by atoms with E-state index in [1.54, 1.807) is 14.2 Å². The molecule has 5 nitrogen and oxygen atoms in total. The highest BCUT2D eigenvalue weighted by Gasteiger charge is 2.44. The monoisotopic (exact) mass is 354 g/mol. The summed E-state index contributed by atoms with van der Waals surface area (Å²) in [5.41, 5.74) is 2.27. The van der Waals surface area contributed by atoms with Crippen molar-refractivity contribution >= 4 is 6.03 Å². The fourth-order valence-electron chi connectivity index (χ4n) is 3.26. The molecule has 3 rings (SSSR count). The Balaban J connectivity index is 1.60. The SMILES string of the molecule is COc1ccc(OC)c([C@@H](C)NC(=O)NCC2(c3ccccc3)CC2)c1. The van der Waals surface area contributed by atoms with Gasteiger partial charge in [0, 0.05) is 17.5 Å². The van der Waals surface area contributed by atoms with Crippen molar-refractivity contribution in [2.75, 3.05) is 20.8 Å². The van der Waals surface area contributed by atoms with Crippen molar-refractivity contribution in [1.29, 1.82) is 0 Å². The van der Waals surface area contributed by atoms with Crippen molar-refractivity contribution in [3.8, 4) is 11.5 Å². The molecule has 0 bridgehead atoms. The molecule has 0 saturated heterocycles. The first-order chi connectivity index (χ1) is 12.6. The zero-order valence-corrected chi connectivity index (χ0v) is 15.5. The smallest absolute Gasteiger partial charge is 0.315 e. The molecule has 2 aromatic rings. The van der Waals surface area contributed by atoms with Gasteiger partial charge in [0.15, 0.2) is 0 Å². The fraction of sp³-hybridized carbons (Fsp3) is 0.381. The first-order valence-electron chi connectivity index (χ1n) is 8.90. The second kappa shape index (κ2) is 7.68. The van der Waals surface area contributed by atoms with E-state index in [4.69, 9.17) is 9.47 Å². The molecule has 0 aliphatic heterocycles. The van der Waals surface area contributed by atoms with Gasteiger partial charge in [-0.3, -0.25) is 0 Å². The van der Waals surface area contributed by atoms with E-state index < -0.39 is 0 Å². The lowest BCUT2D eigenvalue weighted by Gasteiger charge is -2.21. The van der Waals surface area contributed by atoms with Crippen LogP contribution in [0.15, 0.2) is 48.5 Å². The number of carbonyl (C=O) groups is 1. The Morgan fingerprint density at radius 2 is 1.85 bits per heavy atom. The number of nitrogens with one attached hydrogen (secondary N) is 2. The van der Waals surface area contributed by atoms with E-state index in [9.17, 15) is 4.79 Å². The molecular formula is C21H26N2O3. The minimum atomic E-state index is -0.202. The Labute approximate surface area is 154 Å². The molecule has 0 heterocycles. The molecule has 26 heavy (non-hydrogen) atoms. The summed E-state index contributed by atoms with van der Waals surface area (Å²) in [6.07, 6.45) is 2.22. The van der Waals surface area contributed by atoms with Gasteiger partial charge in [0.1, 0.15) is 11.5 Å². The van der Waals surface area contributed by atoms with E-state index in [0.29, 0.717) is 6.54 Å². The molecule has 0 unspecified atom stereocenters. The van der Waals surface area contributed by atoms with Gasteiger partial charge >= 0.3 is 6.03 Å². The largest absolute Gasteiger partial charge is 0.497 e. The highest BCUT2D eigenvalue weighted by atomic mass is 16.5. The number of rotatable bonds is 7. The summed E-state index contributed by atoms with van der Waals surface area (Å²) in [6, 6.07) is 15.6. The summed E-state index contributed by atoms with van der Waals surface area (Å²) in [5.74, 6) is 1.46. The summed E-state index contributed by atoms with van der Waals surface area (Å²) < 4.78 is 10.7. The van der Waals surface area contributed by atoms with Crippen molar-refractivity contribution < 1.29 is 14.3 Å². The molecular weight excluding hydrogens is 328 g/mol. The molecule has 1 atom stereocenters. The predicted molar refractivity (Wildman–Crippen MR) is 102 cm³/mol. The van der Waals surface area contributed by atoms with Crippen LogP contribution < -0.4 is 20.1 Å². The minimum Gasteiger partial charge on any atom is -0.497 e. The lowest BCUT2D eigenvalue weighted by Crippen LogP contribution is -2.40. The normalized spacial score (nSPS) is 15.7. The third-order valence-corrected chi connectivity index (χ3v) is 5.08. The van der Waals surface area contributed by atoms with Crippen molar-refractivity contribution in [2.24, 2.45) is 0 Å². The van der Waals surface area contributed by atoms with Crippen molar-refractivity contribution in [2.45, 2.75) is 31.2 Å². The van der Waals surface area contributed by atoms with E-state index in [2.05, 4.69) is 22.8 Å². The Kier molecular flexibility index (Phi) is 5.35. The Hall–Kier alpha value is -2.69. The lowest BCUT2D eigenvalue weighted by molar-refractivity contribution is 0.236. The second-order valence-corrected chi connectivity index (χ2v) is 6.80. The molecule has 1 aliphatic carbocycles. The zero-order chi connectivity index (χ0) is 18.6. The highest BCUT2D eigenvalue weighted by Crippen LogP contribution is 2.47. The van der Waals surface area contributed by atoms with E-state index in [1.165, 1.54) is 5.56 Å². The number of methoxy groups -OCH3 is 2. The summed E-state index contributed by atoms with van der Waals surface area (Å²) in [5, 5.41) is 6.02. The van der Waals surface area contributed by atoms with Crippen LogP contribution in [0.2, 0.25) is 0 Å². The first-order valence-corrected chi connectivity index (χ1v) is 8.90. The maximum atomic E-state index is 12.4. The molecule has 2 amide bonds. The summed E-state index contributed by atoms with van der Waals surface area (Å²) >= 11 is 0. The zero-order valence-electron chi connectivity index (χ0n) is 15.5. The third kappa shape index (κ3) is 3.93. The van der Waals surface area contributed by atoms with Crippen molar-refractivity contribution in [1.82, 2.24) is 10.6 Å². The molecule has 1 aliphatic rings. The number of urea groups is 1. The number of benzene rings is 2. The number of ether oxygens (including phenoxy) is 2. The number of hydrogen-bond acceptors (Lipinski definition) is 3. The standard InChI is InChI=1S/C21H26N2O3/c1-15(18-13-17(25-2)9-10-19(18)26-3)23-20(24)22-14-21(11-12-21)16-7-5-4-6-8-16/h4-10,13,15H,11-12,14H2,1-3H3,(H2,22,23,24)/t15-/m1/s1. The fourth-order valence-corrected chi connectivity index (χ4v) is 3.26. The maximum absolute atomic E-state index is 12.4. The molecule has 2 N–H and O–H groups in total. The van der Waals surface area contributed by atoms with Crippen LogP contribution in [0, 0.1) is 0 Å². The summed E-state index contributed by atoms with van der Waals surface area (Å²) in [6.45, 7) is 2.58. The molecule has 138 valence electrons. The van der Waals surface area contributed by atoms with Gasteiger partial charge in [-0.2, -0.15) is 0 Å². The van der Waals surface area contributed by atoms with Gasteiger partial charge in [-0.1, -0.05) is 30.3 Å². The number of amides is 2. The first kappa shape index (κ1) is 18.1. The van der Waals surface area contributed by atoms with Gasteiger partial charge in [-0.05, 0) is 43.5 Å². The third-order valence-electron chi connectivity index (χ3n) is 5.08. The average Bonchev–Trinajstić information content (AvgIpc) is 3.47. The van der Waals surface area contributed by atoms with Gasteiger partial charge in [-0.15, -0.1) is 0 Å². The maximum Gasteiger partial charge on any atom is 0.315 e. The van der Waals surface area contributed by atoms with Gasteiger partial charge in [0.05, 0.1) is 20.3 Å². The molecule has 0 spiro atoms. The molecule has 0 aromatic heterocycles. The van der Waals surface area contributed by atoms with Gasteiger partial charge in [-0.25, -0.2) is 4.79 Å². The van der Waals surface area contributed by atoms with Crippen LogP contribution in [0.5, 0.6) is 11.5 Å². The summed E-state index contributed by atoms with van der Waals surface area (Å²) in [7, 11) is 3.24. The van der Waals surface area contributed by atoms with Crippen LogP contribution in [0.1, 0.15) is 36.9 Å². The summed E-state index contributed by atoms with van der Waals surface area (Å²) in [4.78, 5) is 12.4. The van der Waals surface area contributed by atoms with Crippen LogP contribution in [-0.4, -0.2) is 26.8 Å². The van der Waals surface area contributed by atoms with Crippen LogP contribution >= 0.6 is 0 Å². The molecule has 2 aromatic carbocycles. The molecule has 0 radical (unpaired) electrons. The lowest BCUT2D eigenvalue weighted by atomic mass is 9.96. The van der Waals surface area contributed by atoms with Crippen LogP contribution in [0.3, 0.4) is 0 Å². The second-order valence-electron chi connectivity index (χ2n) is 6.80. The molecule has 1 fully saturated rings. The number of hydrogen-bond donors (Lipinski definition) is 2. The Morgan fingerprint density at radius 1 is 1.12 bits per heavy atom. The van der Waals surface area contributed by atoms with Crippen LogP contribution in [-0.2, 0) is 5.41 Å². The van der Waals surface area contributed by atoms with E-state index >= 15 is 0 Å². The van der Waals surface area contributed by atoms with Crippen molar-refractivity contribution in [3.05, 3.63) is 59.7 Å². The molecule has 5 heteroatoms. The van der Waals surface area contributed by atoms with E-state index in [-0.39, 0.29) is 17.5 Å². The van der Waals surface area contributed by atoms with E-state index in [1.807, 2.05) is 43.3 Å². The molecule has 1 saturated carbocycles. The van der Waals surface area contributed by atoms with Gasteiger partial charge in [0.25, 0.3) is 0 Å². The topological polar surface area (TPSA) is 59.6 Å². The average molecular weight is 354 g/mol. The van der Waals surface area contributed by atoms with Crippen molar-refractivity contribution in [3.63, 3.8) is 0 Å². The Bertz CT molecular complexity index is 757. The van der Waals surface area contributed by atoms with Crippen LogP contribution in [0.25, 0.3) is 0 Å². The highest BCUT2D eigenvalue weighted by molar-refractivity contribution is 5.74. The minimum absolute atomic E-state index is 0.0928. The van der Waals surface area contributed by atoms with Crippen LogP contribution in [0.4, 0.5) is 4.79 Å². The van der Waals surface area contributed by atoms with Gasteiger partial charge in [0.2, 0.25) is 0 Å². The number of carbonyl (C=O) groups excluding carboxylic acids is 1.